The third-order valence-corrected chi connectivity index (χ3v) is 5.17. The highest BCUT2D eigenvalue weighted by molar-refractivity contribution is 7.13. The van der Waals surface area contributed by atoms with Crippen molar-refractivity contribution >= 4 is 29.0 Å². The van der Waals surface area contributed by atoms with Crippen molar-refractivity contribution < 1.29 is 14.0 Å². The Morgan fingerprint density at radius 3 is 2.85 bits per heavy atom. The van der Waals surface area contributed by atoms with Crippen molar-refractivity contribution in [2.24, 2.45) is 5.41 Å². The first-order valence-electron chi connectivity index (χ1n) is 8.42. The number of hydrogen-bond donors (Lipinski definition) is 3. The van der Waals surface area contributed by atoms with Gasteiger partial charge in [-0.05, 0) is 17.9 Å². The Hall–Kier alpha value is -2.94. The third kappa shape index (κ3) is 3.77. The zero-order valence-electron chi connectivity index (χ0n) is 15.3. The minimum absolute atomic E-state index is 0.0600. The van der Waals surface area contributed by atoms with Crippen LogP contribution in [0.3, 0.4) is 0 Å². The number of carbonyl (C=O) groups excluding carboxylic acids is 2. The van der Waals surface area contributed by atoms with E-state index in [4.69, 9.17) is 9.83 Å². The van der Waals surface area contributed by atoms with Crippen LogP contribution in [-0.2, 0) is 4.79 Å². The summed E-state index contributed by atoms with van der Waals surface area (Å²) in [7, 11) is 1.65. The van der Waals surface area contributed by atoms with E-state index < -0.39 is 11.3 Å². The minimum atomic E-state index is -0.515. The number of aromatic nitrogens is 1. The number of nitrogens with zero attached hydrogens (tertiary/aromatic N) is 2. The molecule has 3 rings (SSSR count). The molecule has 0 atom stereocenters. The molecule has 27 heavy (non-hydrogen) atoms. The van der Waals surface area contributed by atoms with E-state index in [9.17, 15) is 9.59 Å². The quantitative estimate of drug-likeness (QED) is 0.539. The highest BCUT2D eigenvalue weighted by Crippen LogP contribution is 2.31. The number of hydrogen-bond acceptors (Lipinski definition) is 7. The van der Waals surface area contributed by atoms with Crippen LogP contribution < -0.4 is 10.6 Å². The van der Waals surface area contributed by atoms with E-state index >= 15 is 0 Å². The number of nitrogens with one attached hydrogen (secondary N) is 3. The van der Waals surface area contributed by atoms with Gasteiger partial charge < -0.3 is 15.1 Å². The molecule has 1 saturated heterocycles. The SMILES string of the molecule is CN/C=C(/NC(=O)c1coc(-c2cccs2)n1)C(=N)N1CCC(C)(C)C1=O. The number of amidine groups is 1. The fraction of sp³-hybridized carbons (Fsp3) is 0.333. The van der Waals surface area contributed by atoms with Crippen LogP contribution in [-0.4, -0.2) is 41.1 Å². The van der Waals surface area contributed by atoms with Crippen LogP contribution >= 0.6 is 11.3 Å². The summed E-state index contributed by atoms with van der Waals surface area (Å²) in [5.41, 5.74) is -0.224. The normalized spacial score (nSPS) is 16.5. The van der Waals surface area contributed by atoms with Crippen LogP contribution in [0.5, 0.6) is 0 Å². The van der Waals surface area contributed by atoms with Crippen LogP contribution in [0.25, 0.3) is 10.8 Å². The van der Waals surface area contributed by atoms with Gasteiger partial charge in [-0.3, -0.25) is 19.9 Å². The molecular formula is C18H21N5O3S. The van der Waals surface area contributed by atoms with Crippen molar-refractivity contribution in [1.29, 1.82) is 5.41 Å². The lowest BCUT2D eigenvalue weighted by atomic mass is 9.92. The van der Waals surface area contributed by atoms with Gasteiger partial charge >= 0.3 is 0 Å². The van der Waals surface area contributed by atoms with Crippen molar-refractivity contribution in [1.82, 2.24) is 20.5 Å². The topological polar surface area (TPSA) is 111 Å². The zero-order valence-corrected chi connectivity index (χ0v) is 16.1. The molecule has 9 heteroatoms. The monoisotopic (exact) mass is 387 g/mol. The molecule has 1 fully saturated rings. The number of oxazole rings is 1. The summed E-state index contributed by atoms with van der Waals surface area (Å²) in [6.07, 6.45) is 3.40. The van der Waals surface area contributed by atoms with Gasteiger partial charge in [0.05, 0.1) is 10.6 Å². The van der Waals surface area contributed by atoms with Gasteiger partial charge in [0.2, 0.25) is 11.8 Å². The Morgan fingerprint density at radius 2 is 2.26 bits per heavy atom. The lowest BCUT2D eigenvalue weighted by molar-refractivity contribution is -0.131. The summed E-state index contributed by atoms with van der Waals surface area (Å²) in [5, 5.41) is 15.7. The largest absolute Gasteiger partial charge is 0.443 e. The van der Waals surface area contributed by atoms with Gasteiger partial charge in [0, 0.05) is 25.2 Å². The molecule has 0 unspecified atom stereocenters. The number of amides is 2. The van der Waals surface area contributed by atoms with E-state index in [1.807, 2.05) is 31.4 Å². The van der Waals surface area contributed by atoms with E-state index in [0.717, 1.165) is 4.88 Å². The Morgan fingerprint density at radius 1 is 1.48 bits per heavy atom. The van der Waals surface area contributed by atoms with Gasteiger partial charge in [0.1, 0.15) is 6.26 Å². The molecule has 0 radical (unpaired) electrons. The molecule has 8 nitrogen and oxygen atoms in total. The van der Waals surface area contributed by atoms with Gasteiger partial charge in [-0.1, -0.05) is 19.9 Å². The van der Waals surface area contributed by atoms with E-state index in [1.165, 1.54) is 28.7 Å². The lowest BCUT2D eigenvalue weighted by Gasteiger charge is -2.22. The summed E-state index contributed by atoms with van der Waals surface area (Å²) in [4.78, 5) is 31.4. The van der Waals surface area contributed by atoms with Crippen LogP contribution in [0.4, 0.5) is 0 Å². The number of rotatable bonds is 5. The van der Waals surface area contributed by atoms with Crippen molar-refractivity contribution in [3.8, 4) is 10.8 Å². The fourth-order valence-electron chi connectivity index (χ4n) is 2.71. The fourth-order valence-corrected chi connectivity index (χ4v) is 3.37. The summed E-state index contributed by atoms with van der Waals surface area (Å²) in [5.74, 6) is -0.347. The highest BCUT2D eigenvalue weighted by atomic mass is 32.1. The molecule has 2 amide bonds. The van der Waals surface area contributed by atoms with Gasteiger partial charge in [-0.25, -0.2) is 4.98 Å². The average Bonchev–Trinajstić information content (AvgIpc) is 3.35. The Labute approximate surface area is 160 Å². The molecule has 3 N–H and O–H groups in total. The molecule has 2 aromatic rings. The summed E-state index contributed by atoms with van der Waals surface area (Å²) < 4.78 is 5.36. The van der Waals surface area contributed by atoms with Crippen LogP contribution in [0.1, 0.15) is 30.8 Å². The molecule has 1 aliphatic rings. The predicted molar refractivity (Wildman–Crippen MR) is 102 cm³/mol. The maximum atomic E-state index is 12.5. The first-order valence-corrected chi connectivity index (χ1v) is 9.30. The molecule has 142 valence electrons. The van der Waals surface area contributed by atoms with E-state index in [2.05, 4.69) is 15.6 Å². The first-order chi connectivity index (χ1) is 12.8. The van der Waals surface area contributed by atoms with Gasteiger partial charge in [0.15, 0.2) is 11.5 Å². The number of likely N-dealkylation sites (tertiary alicyclic amines) is 1. The van der Waals surface area contributed by atoms with E-state index in [0.29, 0.717) is 18.9 Å². The van der Waals surface area contributed by atoms with Gasteiger partial charge in [-0.2, -0.15) is 0 Å². The summed E-state index contributed by atoms with van der Waals surface area (Å²) >= 11 is 1.46. The second-order valence-corrected chi connectivity index (χ2v) is 7.70. The van der Waals surface area contributed by atoms with Crippen molar-refractivity contribution in [2.75, 3.05) is 13.6 Å². The molecule has 2 aromatic heterocycles. The molecule has 0 bridgehead atoms. The molecule has 1 aliphatic heterocycles. The Kier molecular flexibility index (Phi) is 5.13. The van der Waals surface area contributed by atoms with E-state index in [1.54, 1.807) is 7.05 Å². The second kappa shape index (κ2) is 7.36. The smallest absolute Gasteiger partial charge is 0.277 e. The maximum absolute atomic E-state index is 12.5. The van der Waals surface area contributed by atoms with Gasteiger partial charge in [-0.15, -0.1) is 11.3 Å². The van der Waals surface area contributed by atoms with Gasteiger partial charge in [0.25, 0.3) is 5.91 Å². The highest BCUT2D eigenvalue weighted by Gasteiger charge is 2.41. The number of thiophene rings is 1. The predicted octanol–water partition coefficient (Wildman–Crippen LogP) is 2.43. The lowest BCUT2D eigenvalue weighted by Crippen LogP contribution is -2.41. The maximum Gasteiger partial charge on any atom is 0.277 e. The van der Waals surface area contributed by atoms with Crippen molar-refractivity contribution in [3.05, 3.63) is 41.4 Å². The van der Waals surface area contributed by atoms with E-state index in [-0.39, 0.29) is 23.1 Å². The Bertz CT molecular complexity index is 898. The molecule has 0 saturated carbocycles. The molecule has 0 aliphatic carbocycles. The third-order valence-electron chi connectivity index (χ3n) is 4.32. The summed E-state index contributed by atoms with van der Waals surface area (Å²) in [6, 6.07) is 3.72. The minimum Gasteiger partial charge on any atom is -0.443 e. The second-order valence-electron chi connectivity index (χ2n) is 6.76. The van der Waals surface area contributed by atoms with Crippen molar-refractivity contribution in [3.63, 3.8) is 0 Å². The molecule has 0 spiro atoms. The molecule has 3 heterocycles. The van der Waals surface area contributed by atoms with Crippen molar-refractivity contribution in [2.45, 2.75) is 20.3 Å². The van der Waals surface area contributed by atoms with Crippen LogP contribution in [0, 0.1) is 10.8 Å². The molecule has 0 aromatic carbocycles. The number of carbonyl (C=O) groups is 2. The average molecular weight is 387 g/mol. The van der Waals surface area contributed by atoms with Crippen LogP contribution in [0.2, 0.25) is 0 Å². The zero-order chi connectivity index (χ0) is 19.6. The molecular weight excluding hydrogens is 366 g/mol. The standard InChI is InChI=1S/C18H21N5O3S/c1-18(2)6-7-23(17(18)25)14(19)11(9-20-3)21-15(24)12-10-26-16(22-12)13-5-4-8-27-13/h4-5,8-10,19-20H,6-7H2,1-3H3,(H,21,24)/b11-9+,19-14?. The van der Waals surface area contributed by atoms with Crippen LogP contribution in [0.15, 0.2) is 40.1 Å². The Balaban J connectivity index is 1.75. The summed E-state index contributed by atoms with van der Waals surface area (Å²) in [6.45, 7) is 4.14. The first kappa shape index (κ1) is 18.8.